The summed E-state index contributed by atoms with van der Waals surface area (Å²) in [6.45, 7) is 0. The third kappa shape index (κ3) is 4.20. The maximum atomic E-state index is 2.46. The number of fused-ring (bicyclic) bond motifs is 13. The molecule has 0 radical (unpaired) electrons. The highest BCUT2D eigenvalue weighted by Gasteiger charge is 2.23. The molecular weight excluding hydrogens is 661 g/mol. The van der Waals surface area contributed by atoms with Crippen molar-refractivity contribution in [3.63, 3.8) is 0 Å². The highest BCUT2D eigenvalue weighted by Crippen LogP contribution is 2.45. The van der Waals surface area contributed by atoms with Crippen LogP contribution in [0.3, 0.4) is 0 Å². The Hall–Kier alpha value is -6.42. The summed E-state index contributed by atoms with van der Waals surface area (Å²) in [7, 11) is 0. The molecule has 1 aliphatic carbocycles. The number of benzene rings is 8. The molecule has 1 aliphatic rings. The van der Waals surface area contributed by atoms with E-state index in [9.17, 15) is 0 Å². The van der Waals surface area contributed by atoms with E-state index in [1.165, 1.54) is 109 Å². The van der Waals surface area contributed by atoms with Crippen LogP contribution in [0.5, 0.6) is 0 Å². The van der Waals surface area contributed by atoms with Crippen LogP contribution in [-0.2, 0) is 12.8 Å². The first-order valence-corrected chi connectivity index (χ1v) is 19.3. The number of aromatic nitrogens is 2. The molecule has 3 heteroatoms. The molecule has 53 heavy (non-hydrogen) atoms. The first-order chi connectivity index (χ1) is 26.3. The number of hydrogen-bond donors (Lipinski definition) is 0. The lowest BCUT2D eigenvalue weighted by atomic mass is 9.83. The lowest BCUT2D eigenvalue weighted by molar-refractivity contribution is 0.945. The van der Waals surface area contributed by atoms with Crippen molar-refractivity contribution in [2.24, 2.45) is 0 Å². The van der Waals surface area contributed by atoms with Gasteiger partial charge < -0.3 is 9.13 Å². The van der Waals surface area contributed by atoms with Crippen LogP contribution >= 0.6 is 11.3 Å². The van der Waals surface area contributed by atoms with Crippen LogP contribution in [0.15, 0.2) is 170 Å². The first-order valence-electron chi connectivity index (χ1n) is 18.5. The van der Waals surface area contributed by atoms with Crippen molar-refractivity contribution >= 4 is 75.1 Å². The van der Waals surface area contributed by atoms with E-state index in [0.717, 1.165) is 12.8 Å². The van der Waals surface area contributed by atoms with Gasteiger partial charge in [0.15, 0.2) is 0 Å². The summed E-state index contributed by atoms with van der Waals surface area (Å²) in [5.41, 5.74) is 15.5. The smallest absolute Gasteiger partial charge is 0.0548 e. The second-order valence-corrected chi connectivity index (χ2v) is 15.5. The molecule has 2 nitrogen and oxygen atoms in total. The second kappa shape index (κ2) is 11.0. The molecule has 0 fully saturated rings. The third-order valence-corrected chi connectivity index (χ3v) is 12.7. The van der Waals surface area contributed by atoms with Crippen LogP contribution in [0.1, 0.15) is 11.1 Å². The molecule has 248 valence electrons. The van der Waals surface area contributed by atoms with Crippen molar-refractivity contribution in [1.29, 1.82) is 0 Å². The van der Waals surface area contributed by atoms with Crippen LogP contribution in [0.25, 0.3) is 97.4 Å². The Bertz CT molecular complexity index is 3270. The summed E-state index contributed by atoms with van der Waals surface area (Å²) < 4.78 is 7.55. The zero-order chi connectivity index (χ0) is 34.6. The average molecular weight is 693 g/mol. The number of para-hydroxylation sites is 2. The predicted molar refractivity (Wildman–Crippen MR) is 226 cm³/mol. The normalized spacial score (nSPS) is 12.8. The first kappa shape index (κ1) is 29.2. The Morgan fingerprint density at radius 3 is 1.94 bits per heavy atom. The van der Waals surface area contributed by atoms with E-state index in [2.05, 4.69) is 179 Å². The minimum absolute atomic E-state index is 1.08. The summed E-state index contributed by atoms with van der Waals surface area (Å²) in [6, 6.07) is 63.2. The van der Waals surface area contributed by atoms with Crippen molar-refractivity contribution in [2.75, 3.05) is 0 Å². The van der Waals surface area contributed by atoms with Crippen LogP contribution in [0, 0.1) is 0 Å². The maximum absolute atomic E-state index is 2.46. The number of rotatable bonds is 3. The molecule has 12 rings (SSSR count). The molecule has 0 saturated carbocycles. The average Bonchev–Trinajstić information content (AvgIpc) is 3.87. The van der Waals surface area contributed by atoms with E-state index in [4.69, 9.17) is 0 Å². The largest absolute Gasteiger partial charge is 0.309 e. The standard InChI is InChI=1S/C50H32N2S/c1-2-11-35(12-3-1)52-44-26-23-34(28-40(44)41-30-48-42(29-46(41)52)38-14-7-9-17-47(38)53-48)31-20-24-36(25-21-31)51-43-16-8-6-15-39(43)50-45(51)27-22-33-19-18-32-10-4-5-13-37(32)49(33)50/h1-17,20-30H,18-19H2. The molecule has 3 aromatic heterocycles. The van der Waals surface area contributed by atoms with Gasteiger partial charge in [-0.3, -0.25) is 0 Å². The molecule has 11 aromatic rings. The van der Waals surface area contributed by atoms with Gasteiger partial charge in [0.05, 0.1) is 22.1 Å². The second-order valence-electron chi connectivity index (χ2n) is 14.4. The van der Waals surface area contributed by atoms with Gasteiger partial charge in [0.2, 0.25) is 0 Å². The van der Waals surface area contributed by atoms with Gasteiger partial charge in [0.25, 0.3) is 0 Å². The van der Waals surface area contributed by atoms with E-state index < -0.39 is 0 Å². The van der Waals surface area contributed by atoms with Crippen molar-refractivity contribution in [3.8, 4) is 33.6 Å². The van der Waals surface area contributed by atoms with Gasteiger partial charge in [-0.15, -0.1) is 11.3 Å². The molecule has 0 N–H and O–H groups in total. The maximum Gasteiger partial charge on any atom is 0.0548 e. The Morgan fingerprint density at radius 2 is 1.04 bits per heavy atom. The summed E-state index contributed by atoms with van der Waals surface area (Å²) >= 11 is 1.88. The highest BCUT2D eigenvalue weighted by molar-refractivity contribution is 7.25. The van der Waals surface area contributed by atoms with Crippen molar-refractivity contribution < 1.29 is 0 Å². The molecule has 0 bridgehead atoms. The summed E-state index contributed by atoms with van der Waals surface area (Å²) in [6.07, 6.45) is 2.18. The number of nitrogens with zero attached hydrogens (tertiary/aromatic N) is 2. The summed E-state index contributed by atoms with van der Waals surface area (Å²) in [4.78, 5) is 0. The van der Waals surface area contributed by atoms with Gasteiger partial charge in [-0.05, 0) is 113 Å². The van der Waals surface area contributed by atoms with E-state index in [-0.39, 0.29) is 0 Å². The van der Waals surface area contributed by atoms with Crippen LogP contribution in [0.4, 0.5) is 0 Å². The van der Waals surface area contributed by atoms with E-state index >= 15 is 0 Å². The molecule has 8 aromatic carbocycles. The minimum Gasteiger partial charge on any atom is -0.309 e. The molecule has 0 amide bonds. The fraction of sp³-hybridized carbons (Fsp3) is 0.0400. The highest BCUT2D eigenvalue weighted by atomic mass is 32.1. The van der Waals surface area contributed by atoms with E-state index in [1.54, 1.807) is 0 Å². The topological polar surface area (TPSA) is 9.86 Å². The molecule has 0 saturated heterocycles. The zero-order valence-electron chi connectivity index (χ0n) is 28.9. The Kier molecular flexibility index (Phi) is 6.08. The Balaban J connectivity index is 1.03. The summed E-state index contributed by atoms with van der Waals surface area (Å²) in [5, 5.41) is 7.89. The molecule has 0 spiro atoms. The van der Waals surface area contributed by atoms with Gasteiger partial charge in [0, 0.05) is 53.1 Å². The third-order valence-electron chi connectivity index (χ3n) is 11.6. The lowest BCUT2D eigenvalue weighted by Gasteiger charge is -2.21. The van der Waals surface area contributed by atoms with Gasteiger partial charge >= 0.3 is 0 Å². The fourth-order valence-electron chi connectivity index (χ4n) is 9.22. The lowest BCUT2D eigenvalue weighted by Crippen LogP contribution is -2.04. The molecular formula is C50H32N2S. The van der Waals surface area contributed by atoms with Gasteiger partial charge in [-0.25, -0.2) is 0 Å². The quantitative estimate of drug-likeness (QED) is 0.174. The van der Waals surface area contributed by atoms with Crippen LogP contribution in [0.2, 0.25) is 0 Å². The van der Waals surface area contributed by atoms with E-state index in [1.807, 2.05) is 11.3 Å². The Labute approximate surface area is 310 Å². The number of hydrogen-bond acceptors (Lipinski definition) is 1. The van der Waals surface area contributed by atoms with Crippen LogP contribution < -0.4 is 0 Å². The molecule has 0 aliphatic heterocycles. The monoisotopic (exact) mass is 692 g/mol. The molecule has 3 heterocycles. The number of aryl methyl sites for hydroxylation is 2. The van der Waals surface area contributed by atoms with Crippen molar-refractivity contribution in [1.82, 2.24) is 9.13 Å². The Morgan fingerprint density at radius 1 is 0.377 bits per heavy atom. The zero-order valence-corrected chi connectivity index (χ0v) is 29.7. The van der Waals surface area contributed by atoms with Crippen LogP contribution in [-0.4, -0.2) is 9.13 Å². The summed E-state index contributed by atoms with van der Waals surface area (Å²) in [5.74, 6) is 0. The molecule has 0 atom stereocenters. The van der Waals surface area contributed by atoms with Crippen molar-refractivity contribution in [3.05, 3.63) is 181 Å². The van der Waals surface area contributed by atoms with Crippen molar-refractivity contribution in [2.45, 2.75) is 12.8 Å². The number of thiophene rings is 1. The minimum atomic E-state index is 1.08. The van der Waals surface area contributed by atoms with Gasteiger partial charge in [-0.2, -0.15) is 0 Å². The SMILES string of the molecule is c1ccc(-n2c3ccc(-c4ccc(-n5c6ccccc6c6c7c(ccc65)CCc5ccccc5-7)cc4)cc3c3cc4sc5ccccc5c4cc32)cc1. The molecule has 0 unspecified atom stereocenters. The predicted octanol–water partition coefficient (Wildman–Crippen LogP) is 13.7. The van der Waals surface area contributed by atoms with E-state index in [0.29, 0.717) is 0 Å². The van der Waals surface area contributed by atoms with Gasteiger partial charge in [-0.1, -0.05) is 103 Å². The van der Waals surface area contributed by atoms with Gasteiger partial charge in [0.1, 0.15) is 0 Å². The fourth-order valence-corrected chi connectivity index (χ4v) is 10.4.